The Hall–Kier alpha value is -2.83. The highest BCUT2D eigenvalue weighted by atomic mass is 16.1. The van der Waals surface area contributed by atoms with Crippen LogP contribution in [0.3, 0.4) is 0 Å². The third-order valence-corrected chi connectivity index (χ3v) is 5.22. The predicted molar refractivity (Wildman–Crippen MR) is 108 cm³/mol. The van der Waals surface area contributed by atoms with Crippen molar-refractivity contribution in [1.82, 2.24) is 14.9 Å². The Balaban J connectivity index is 1.46. The Morgan fingerprint density at radius 1 is 0.926 bits per heavy atom. The second-order valence-corrected chi connectivity index (χ2v) is 7.15. The number of carbonyl (C=O) groups excluding carboxylic acids is 1. The maximum atomic E-state index is 10.9. The fourth-order valence-electron chi connectivity index (χ4n) is 3.71. The van der Waals surface area contributed by atoms with Gasteiger partial charge in [0.15, 0.2) is 0 Å². The van der Waals surface area contributed by atoms with Crippen molar-refractivity contribution in [3.05, 3.63) is 36.2 Å². The molecule has 2 saturated heterocycles. The maximum absolute atomic E-state index is 10.9. The van der Waals surface area contributed by atoms with E-state index in [4.69, 9.17) is 0 Å². The number of aryl methyl sites for hydroxylation is 1. The molecule has 7 heteroatoms. The van der Waals surface area contributed by atoms with Crippen molar-refractivity contribution in [3.8, 4) is 0 Å². The van der Waals surface area contributed by atoms with E-state index in [1.165, 1.54) is 18.5 Å². The fourth-order valence-corrected chi connectivity index (χ4v) is 3.71. The summed E-state index contributed by atoms with van der Waals surface area (Å²) in [5.41, 5.74) is 2.30. The van der Waals surface area contributed by atoms with Crippen LogP contribution in [0.15, 0.2) is 30.3 Å². The number of nitrogens with zero attached hydrogens (tertiary/aromatic N) is 5. The van der Waals surface area contributed by atoms with Crippen LogP contribution in [0.2, 0.25) is 0 Å². The van der Waals surface area contributed by atoms with Crippen molar-refractivity contribution in [2.24, 2.45) is 0 Å². The number of hydrogen-bond acceptors (Lipinski definition) is 6. The molecule has 0 spiro atoms. The lowest BCUT2D eigenvalue weighted by Gasteiger charge is -2.33. The van der Waals surface area contributed by atoms with E-state index < -0.39 is 0 Å². The molecular formula is C20H26N6O. The summed E-state index contributed by atoms with van der Waals surface area (Å²) < 4.78 is 0. The SMILES string of the molecule is Cc1nc(Nc2ccc(N3CCCC3)cc2)cc(N2CCN(C=O)CC2)n1. The summed E-state index contributed by atoms with van der Waals surface area (Å²) in [6, 6.07) is 10.5. The molecule has 2 aliphatic rings. The third kappa shape index (κ3) is 4.13. The number of carbonyl (C=O) groups is 1. The van der Waals surface area contributed by atoms with E-state index in [-0.39, 0.29) is 0 Å². The minimum absolute atomic E-state index is 0.729. The number of anilines is 4. The van der Waals surface area contributed by atoms with Gasteiger partial charge in [-0.2, -0.15) is 0 Å². The smallest absolute Gasteiger partial charge is 0.209 e. The molecule has 2 fully saturated rings. The van der Waals surface area contributed by atoms with Crippen molar-refractivity contribution in [3.63, 3.8) is 0 Å². The van der Waals surface area contributed by atoms with Crippen LogP contribution in [-0.2, 0) is 4.79 Å². The number of hydrogen-bond donors (Lipinski definition) is 1. The Bertz CT molecular complexity index is 780. The summed E-state index contributed by atoms with van der Waals surface area (Å²) in [5, 5.41) is 3.40. The van der Waals surface area contributed by atoms with E-state index in [1.54, 1.807) is 4.90 Å². The highest BCUT2D eigenvalue weighted by molar-refractivity contribution is 5.63. The quantitative estimate of drug-likeness (QED) is 0.820. The van der Waals surface area contributed by atoms with E-state index in [0.29, 0.717) is 0 Å². The molecule has 1 aromatic carbocycles. The number of piperazine rings is 1. The molecule has 0 unspecified atom stereocenters. The first kappa shape index (κ1) is 17.6. The van der Waals surface area contributed by atoms with Crippen molar-refractivity contribution in [2.45, 2.75) is 19.8 Å². The lowest BCUT2D eigenvalue weighted by molar-refractivity contribution is -0.118. The molecule has 1 amide bonds. The first-order valence-corrected chi connectivity index (χ1v) is 9.63. The Labute approximate surface area is 160 Å². The Kier molecular flexibility index (Phi) is 5.09. The van der Waals surface area contributed by atoms with Gasteiger partial charge in [0.1, 0.15) is 17.5 Å². The highest BCUT2D eigenvalue weighted by Crippen LogP contribution is 2.25. The third-order valence-electron chi connectivity index (χ3n) is 5.22. The normalized spacial score (nSPS) is 17.3. The van der Waals surface area contributed by atoms with Crippen LogP contribution in [0.5, 0.6) is 0 Å². The Morgan fingerprint density at radius 2 is 1.63 bits per heavy atom. The first-order valence-electron chi connectivity index (χ1n) is 9.63. The Morgan fingerprint density at radius 3 is 2.30 bits per heavy atom. The monoisotopic (exact) mass is 366 g/mol. The lowest BCUT2D eigenvalue weighted by Crippen LogP contribution is -2.46. The molecule has 0 aliphatic carbocycles. The molecular weight excluding hydrogens is 340 g/mol. The molecule has 142 valence electrons. The average molecular weight is 366 g/mol. The molecule has 1 N–H and O–H groups in total. The van der Waals surface area contributed by atoms with Crippen molar-refractivity contribution < 1.29 is 4.79 Å². The molecule has 1 aromatic heterocycles. The first-order chi connectivity index (χ1) is 13.2. The molecule has 7 nitrogen and oxygen atoms in total. The number of nitrogens with one attached hydrogen (secondary N) is 1. The van der Waals surface area contributed by atoms with Crippen LogP contribution < -0.4 is 15.1 Å². The second kappa shape index (κ2) is 7.82. The van der Waals surface area contributed by atoms with Gasteiger partial charge < -0.3 is 20.0 Å². The van der Waals surface area contributed by atoms with Gasteiger partial charge in [-0.3, -0.25) is 4.79 Å². The van der Waals surface area contributed by atoms with Gasteiger partial charge >= 0.3 is 0 Å². The summed E-state index contributed by atoms with van der Waals surface area (Å²) in [6.45, 7) is 7.25. The molecule has 0 radical (unpaired) electrons. The fraction of sp³-hybridized carbons (Fsp3) is 0.450. The molecule has 4 rings (SSSR count). The van der Waals surface area contributed by atoms with Gasteiger partial charge in [0, 0.05) is 56.7 Å². The maximum Gasteiger partial charge on any atom is 0.209 e. The van der Waals surface area contributed by atoms with Gasteiger partial charge in [-0.15, -0.1) is 0 Å². The molecule has 0 saturated carbocycles. The summed E-state index contributed by atoms with van der Waals surface area (Å²) in [5.74, 6) is 2.44. The van der Waals surface area contributed by atoms with Gasteiger partial charge in [0.2, 0.25) is 6.41 Å². The summed E-state index contributed by atoms with van der Waals surface area (Å²) in [6.07, 6.45) is 3.48. The summed E-state index contributed by atoms with van der Waals surface area (Å²) in [4.78, 5) is 26.4. The highest BCUT2D eigenvalue weighted by Gasteiger charge is 2.18. The molecule has 0 atom stereocenters. The van der Waals surface area contributed by atoms with Crippen LogP contribution in [0.25, 0.3) is 0 Å². The van der Waals surface area contributed by atoms with Crippen LogP contribution in [0.4, 0.5) is 23.0 Å². The zero-order valence-corrected chi connectivity index (χ0v) is 15.8. The number of aromatic nitrogens is 2. The molecule has 0 bridgehead atoms. The van der Waals surface area contributed by atoms with Gasteiger partial charge in [-0.05, 0) is 44.0 Å². The van der Waals surface area contributed by atoms with E-state index in [0.717, 1.165) is 68.8 Å². The van der Waals surface area contributed by atoms with Gasteiger partial charge in [-0.1, -0.05) is 0 Å². The van der Waals surface area contributed by atoms with Gasteiger partial charge in [-0.25, -0.2) is 9.97 Å². The van der Waals surface area contributed by atoms with Crippen LogP contribution in [0.1, 0.15) is 18.7 Å². The zero-order chi connectivity index (χ0) is 18.6. The van der Waals surface area contributed by atoms with Crippen molar-refractivity contribution in [2.75, 3.05) is 54.4 Å². The van der Waals surface area contributed by atoms with Crippen molar-refractivity contribution >= 4 is 29.4 Å². The minimum Gasteiger partial charge on any atom is -0.372 e. The molecule has 27 heavy (non-hydrogen) atoms. The van der Waals surface area contributed by atoms with Crippen LogP contribution in [0, 0.1) is 6.92 Å². The molecule has 2 aromatic rings. The topological polar surface area (TPSA) is 64.6 Å². The lowest BCUT2D eigenvalue weighted by atomic mass is 10.2. The minimum atomic E-state index is 0.729. The van der Waals surface area contributed by atoms with Crippen LogP contribution >= 0.6 is 0 Å². The summed E-state index contributed by atoms with van der Waals surface area (Å²) >= 11 is 0. The predicted octanol–water partition coefficient (Wildman–Crippen LogP) is 2.41. The number of rotatable bonds is 5. The largest absolute Gasteiger partial charge is 0.372 e. The number of amides is 1. The average Bonchev–Trinajstić information content (AvgIpc) is 3.23. The van der Waals surface area contributed by atoms with Gasteiger partial charge in [0.05, 0.1) is 0 Å². The van der Waals surface area contributed by atoms with Gasteiger partial charge in [0.25, 0.3) is 0 Å². The standard InChI is InChI=1S/C20H26N6O/c1-16-21-19(14-20(22-16)26-12-10-24(15-27)11-13-26)23-17-4-6-18(7-5-17)25-8-2-3-9-25/h4-7,14-15H,2-3,8-13H2,1H3,(H,21,22,23). The van der Waals surface area contributed by atoms with Crippen LogP contribution in [-0.4, -0.2) is 60.5 Å². The van der Waals surface area contributed by atoms with E-state index in [2.05, 4.69) is 49.4 Å². The van der Waals surface area contributed by atoms with E-state index in [9.17, 15) is 4.79 Å². The van der Waals surface area contributed by atoms with E-state index >= 15 is 0 Å². The molecule has 2 aliphatic heterocycles. The second-order valence-electron chi connectivity index (χ2n) is 7.15. The van der Waals surface area contributed by atoms with E-state index in [1.807, 2.05) is 13.0 Å². The zero-order valence-electron chi connectivity index (χ0n) is 15.8. The summed E-state index contributed by atoms with van der Waals surface area (Å²) in [7, 11) is 0. The van der Waals surface area contributed by atoms with Crippen molar-refractivity contribution in [1.29, 1.82) is 0 Å². The number of benzene rings is 1. The molecule has 3 heterocycles.